The van der Waals surface area contributed by atoms with Gasteiger partial charge in [0.05, 0.1) is 22.2 Å². The van der Waals surface area contributed by atoms with Crippen LogP contribution in [0.1, 0.15) is 9.80 Å². The molecule has 0 aliphatic heterocycles. The summed E-state index contributed by atoms with van der Waals surface area (Å²) in [5.74, 6) is -0.538. The average molecular weight is 238 g/mol. The first kappa shape index (κ1) is 10.5. The Hall–Kier alpha value is -2.02. The second-order valence-corrected chi connectivity index (χ2v) is 3.95. The van der Waals surface area contributed by atoms with E-state index in [9.17, 15) is 14.9 Å². The zero-order valence-corrected chi connectivity index (χ0v) is 8.98. The fraction of sp³-hybridized carbons (Fsp3) is 0.111. The maximum absolute atomic E-state index is 11.2. The van der Waals surface area contributed by atoms with Gasteiger partial charge in [-0.1, -0.05) is 0 Å². The van der Waals surface area contributed by atoms with Crippen LogP contribution in [0, 0.1) is 10.1 Å². The molecule has 2 rings (SSSR count). The van der Waals surface area contributed by atoms with Crippen molar-refractivity contribution in [2.45, 2.75) is 0 Å². The van der Waals surface area contributed by atoms with E-state index in [-0.39, 0.29) is 10.7 Å². The molecular formula is C9H6N2O4S. The number of carbonyl (C=O) groups excluding carboxylic acids is 1. The number of nitrogens with zero attached hydrogens (tertiary/aromatic N) is 2. The first-order chi connectivity index (χ1) is 7.61. The number of carbonyl (C=O) groups is 1. The maximum atomic E-state index is 11.2. The molecule has 2 aromatic rings. The molecule has 1 aromatic carbocycles. The molecule has 0 unspecified atom stereocenters. The first-order valence-electron chi connectivity index (χ1n) is 4.25. The van der Waals surface area contributed by atoms with Crippen LogP contribution in [0.4, 0.5) is 5.69 Å². The highest BCUT2D eigenvalue weighted by Gasteiger charge is 2.14. The zero-order valence-electron chi connectivity index (χ0n) is 8.17. The summed E-state index contributed by atoms with van der Waals surface area (Å²) in [5, 5.41) is 10.7. The van der Waals surface area contributed by atoms with Gasteiger partial charge in [0, 0.05) is 12.1 Å². The molecule has 0 saturated heterocycles. The van der Waals surface area contributed by atoms with E-state index in [2.05, 4.69) is 9.72 Å². The highest BCUT2D eigenvalue weighted by Crippen LogP contribution is 2.26. The summed E-state index contributed by atoms with van der Waals surface area (Å²) in [6.45, 7) is 0. The molecule has 0 fully saturated rings. The molecule has 0 spiro atoms. The van der Waals surface area contributed by atoms with Crippen LogP contribution in [0.15, 0.2) is 18.2 Å². The van der Waals surface area contributed by atoms with Gasteiger partial charge in [-0.25, -0.2) is 9.78 Å². The number of rotatable bonds is 2. The van der Waals surface area contributed by atoms with Gasteiger partial charge in [0.1, 0.15) is 0 Å². The molecule has 0 amide bonds. The third-order valence-electron chi connectivity index (χ3n) is 1.94. The number of ether oxygens (including phenoxy) is 1. The number of hydrogen-bond acceptors (Lipinski definition) is 6. The van der Waals surface area contributed by atoms with Crippen LogP contribution >= 0.6 is 11.3 Å². The minimum atomic E-state index is -0.538. The van der Waals surface area contributed by atoms with Gasteiger partial charge in [0.2, 0.25) is 5.01 Å². The van der Waals surface area contributed by atoms with Crippen molar-refractivity contribution in [3.05, 3.63) is 33.3 Å². The summed E-state index contributed by atoms with van der Waals surface area (Å²) in [6.07, 6.45) is 0. The fourth-order valence-electron chi connectivity index (χ4n) is 1.20. The molecule has 1 aromatic heterocycles. The average Bonchev–Trinajstić information content (AvgIpc) is 2.70. The van der Waals surface area contributed by atoms with Crippen molar-refractivity contribution in [2.24, 2.45) is 0 Å². The summed E-state index contributed by atoms with van der Waals surface area (Å²) in [6, 6.07) is 4.28. The standard InChI is InChI=1S/C9H6N2O4S/c1-15-9(12)8-10-6-4-5(11(13)14)2-3-7(6)16-8/h2-4H,1H3. The molecule has 82 valence electrons. The highest BCUT2D eigenvalue weighted by atomic mass is 32.1. The van der Waals surface area contributed by atoms with Gasteiger partial charge < -0.3 is 4.74 Å². The summed E-state index contributed by atoms with van der Waals surface area (Å²) < 4.78 is 5.23. The lowest BCUT2D eigenvalue weighted by molar-refractivity contribution is -0.384. The van der Waals surface area contributed by atoms with Crippen LogP contribution in [0.5, 0.6) is 0 Å². The van der Waals surface area contributed by atoms with Gasteiger partial charge >= 0.3 is 5.97 Å². The monoisotopic (exact) mass is 238 g/mol. The molecule has 0 saturated carbocycles. The van der Waals surface area contributed by atoms with Crippen molar-refractivity contribution in [2.75, 3.05) is 7.11 Å². The van der Waals surface area contributed by atoms with Crippen molar-refractivity contribution in [3.8, 4) is 0 Å². The second kappa shape index (κ2) is 3.86. The molecule has 1 heterocycles. The largest absolute Gasteiger partial charge is 0.464 e. The second-order valence-electron chi connectivity index (χ2n) is 2.92. The number of hydrogen-bond donors (Lipinski definition) is 0. The van der Waals surface area contributed by atoms with Crippen molar-refractivity contribution in [1.29, 1.82) is 0 Å². The highest BCUT2D eigenvalue weighted by molar-refractivity contribution is 7.20. The molecular weight excluding hydrogens is 232 g/mol. The normalized spacial score (nSPS) is 10.3. The number of fused-ring (bicyclic) bond motifs is 1. The van der Waals surface area contributed by atoms with Gasteiger partial charge in [0.25, 0.3) is 5.69 Å². The number of non-ortho nitro benzene ring substituents is 1. The number of nitro groups is 1. The van der Waals surface area contributed by atoms with Gasteiger partial charge in [0.15, 0.2) is 0 Å². The Morgan fingerprint density at radius 2 is 2.31 bits per heavy atom. The molecule has 0 aliphatic carbocycles. The van der Waals surface area contributed by atoms with E-state index in [1.807, 2.05) is 0 Å². The van der Waals surface area contributed by atoms with E-state index >= 15 is 0 Å². The fourth-order valence-corrected chi connectivity index (χ4v) is 2.07. The summed E-state index contributed by atoms with van der Waals surface area (Å²) >= 11 is 1.14. The van der Waals surface area contributed by atoms with E-state index in [0.717, 1.165) is 11.3 Å². The van der Waals surface area contributed by atoms with Gasteiger partial charge in [-0.15, -0.1) is 11.3 Å². The predicted molar refractivity (Wildman–Crippen MR) is 57.6 cm³/mol. The minimum absolute atomic E-state index is 0.0470. The summed E-state index contributed by atoms with van der Waals surface area (Å²) in [4.78, 5) is 25.2. The smallest absolute Gasteiger partial charge is 0.367 e. The van der Waals surface area contributed by atoms with E-state index < -0.39 is 10.9 Å². The van der Waals surface area contributed by atoms with Crippen molar-refractivity contribution in [1.82, 2.24) is 4.98 Å². The number of methoxy groups -OCH3 is 1. The molecule has 16 heavy (non-hydrogen) atoms. The Kier molecular flexibility index (Phi) is 2.53. The van der Waals surface area contributed by atoms with Gasteiger partial charge in [-0.3, -0.25) is 10.1 Å². The van der Waals surface area contributed by atoms with Crippen LogP contribution in [0.25, 0.3) is 10.2 Å². The minimum Gasteiger partial charge on any atom is -0.464 e. The van der Waals surface area contributed by atoms with Crippen LogP contribution in [0.2, 0.25) is 0 Å². The van der Waals surface area contributed by atoms with E-state index in [1.54, 1.807) is 6.07 Å². The van der Waals surface area contributed by atoms with E-state index in [4.69, 9.17) is 0 Å². The first-order valence-corrected chi connectivity index (χ1v) is 5.07. The molecule has 6 nitrogen and oxygen atoms in total. The molecule has 0 N–H and O–H groups in total. The van der Waals surface area contributed by atoms with Gasteiger partial charge in [-0.05, 0) is 6.07 Å². The lowest BCUT2D eigenvalue weighted by Gasteiger charge is -1.89. The zero-order chi connectivity index (χ0) is 11.7. The Bertz CT molecular complexity index is 578. The molecule has 0 atom stereocenters. The lowest BCUT2D eigenvalue weighted by Crippen LogP contribution is -1.99. The third-order valence-corrected chi connectivity index (χ3v) is 2.96. The Morgan fingerprint density at radius 1 is 1.56 bits per heavy atom. The van der Waals surface area contributed by atoms with Crippen molar-refractivity contribution < 1.29 is 14.5 Å². The van der Waals surface area contributed by atoms with Crippen LogP contribution in [0.3, 0.4) is 0 Å². The topological polar surface area (TPSA) is 82.3 Å². The molecule has 0 bridgehead atoms. The van der Waals surface area contributed by atoms with Crippen LogP contribution in [-0.2, 0) is 4.74 Å². The Balaban J connectivity index is 2.54. The molecule has 0 aliphatic rings. The predicted octanol–water partition coefficient (Wildman–Crippen LogP) is 1.99. The van der Waals surface area contributed by atoms with Crippen molar-refractivity contribution in [3.63, 3.8) is 0 Å². The third kappa shape index (κ3) is 1.72. The van der Waals surface area contributed by atoms with Gasteiger partial charge in [-0.2, -0.15) is 0 Å². The SMILES string of the molecule is COC(=O)c1nc2cc([N+](=O)[O-])ccc2s1. The van der Waals surface area contributed by atoms with Crippen molar-refractivity contribution >= 4 is 33.2 Å². The van der Waals surface area contributed by atoms with Crippen LogP contribution < -0.4 is 0 Å². The quantitative estimate of drug-likeness (QED) is 0.454. The number of benzene rings is 1. The number of nitro benzene ring substituents is 1. The summed E-state index contributed by atoms with van der Waals surface area (Å²) in [7, 11) is 1.26. The Labute approximate surface area is 93.6 Å². The van der Waals surface area contributed by atoms with E-state index in [0.29, 0.717) is 10.2 Å². The van der Waals surface area contributed by atoms with Crippen LogP contribution in [-0.4, -0.2) is 23.0 Å². The molecule has 7 heteroatoms. The maximum Gasteiger partial charge on any atom is 0.367 e. The Morgan fingerprint density at radius 3 is 2.94 bits per heavy atom. The number of aromatic nitrogens is 1. The summed E-state index contributed by atoms with van der Waals surface area (Å²) in [5.41, 5.74) is 0.383. The molecule has 0 radical (unpaired) electrons. The lowest BCUT2D eigenvalue weighted by atomic mass is 10.3. The number of thiazole rings is 1. The number of esters is 1. The van der Waals surface area contributed by atoms with E-state index in [1.165, 1.54) is 19.2 Å².